The van der Waals surface area contributed by atoms with Gasteiger partial charge in [-0.1, -0.05) is 12.1 Å². The van der Waals surface area contributed by atoms with Gasteiger partial charge in [-0.2, -0.15) is 4.31 Å². The molecule has 1 aromatic rings. The van der Waals surface area contributed by atoms with Crippen LogP contribution in [-0.2, 0) is 24.3 Å². The highest BCUT2D eigenvalue weighted by atomic mass is 32.2. The van der Waals surface area contributed by atoms with Crippen molar-refractivity contribution in [3.8, 4) is 0 Å². The van der Waals surface area contributed by atoms with Crippen LogP contribution in [0.1, 0.15) is 12.0 Å². The second kappa shape index (κ2) is 8.11. The van der Waals surface area contributed by atoms with Crippen LogP contribution in [0.25, 0.3) is 0 Å². The zero-order valence-corrected chi connectivity index (χ0v) is 13.4. The van der Waals surface area contributed by atoms with Crippen LogP contribution in [0.3, 0.4) is 0 Å². The maximum absolute atomic E-state index is 12.6. The number of carbonyl (C=O) groups excluding carboxylic acids is 1. The van der Waals surface area contributed by atoms with Gasteiger partial charge in [0.2, 0.25) is 10.0 Å². The minimum atomic E-state index is -3.65. The van der Waals surface area contributed by atoms with Gasteiger partial charge in [0.25, 0.3) is 0 Å². The molecule has 1 rings (SSSR count). The summed E-state index contributed by atoms with van der Waals surface area (Å²) in [5.74, 6) is -0.447. The van der Waals surface area contributed by atoms with Gasteiger partial charge in [-0.3, -0.25) is 4.79 Å². The molecule has 0 saturated heterocycles. The monoisotopic (exact) mass is 315 g/mol. The zero-order valence-electron chi connectivity index (χ0n) is 12.5. The van der Waals surface area contributed by atoms with Crippen molar-refractivity contribution in [3.05, 3.63) is 29.8 Å². The number of benzene rings is 1. The maximum Gasteiger partial charge on any atom is 0.306 e. The van der Waals surface area contributed by atoms with Crippen molar-refractivity contribution in [1.29, 1.82) is 0 Å². The second-order valence-corrected chi connectivity index (χ2v) is 6.48. The van der Waals surface area contributed by atoms with Gasteiger partial charge in [0.05, 0.1) is 25.0 Å². The van der Waals surface area contributed by atoms with Crippen molar-refractivity contribution in [2.75, 3.05) is 33.9 Å². The third-order valence-electron chi connectivity index (χ3n) is 2.97. The number of hydrogen-bond donors (Lipinski definition) is 0. The Balaban J connectivity index is 2.96. The lowest BCUT2D eigenvalue weighted by atomic mass is 10.2. The number of ether oxygens (including phenoxy) is 2. The first-order chi connectivity index (χ1) is 9.91. The molecule has 7 heteroatoms. The van der Waals surface area contributed by atoms with Crippen molar-refractivity contribution in [1.82, 2.24) is 4.31 Å². The van der Waals surface area contributed by atoms with Crippen molar-refractivity contribution in [2.24, 2.45) is 0 Å². The van der Waals surface area contributed by atoms with Crippen LogP contribution >= 0.6 is 0 Å². The van der Waals surface area contributed by atoms with E-state index >= 15 is 0 Å². The zero-order chi connectivity index (χ0) is 15.9. The molecule has 0 unspecified atom stereocenters. The summed E-state index contributed by atoms with van der Waals surface area (Å²) >= 11 is 0. The van der Waals surface area contributed by atoms with Crippen molar-refractivity contribution in [3.63, 3.8) is 0 Å². The normalized spacial score (nSPS) is 11.6. The van der Waals surface area contributed by atoms with E-state index in [0.717, 1.165) is 5.56 Å². The summed E-state index contributed by atoms with van der Waals surface area (Å²) in [4.78, 5) is 11.4. The fourth-order valence-electron chi connectivity index (χ4n) is 1.79. The Kier molecular flexibility index (Phi) is 6.80. The lowest BCUT2D eigenvalue weighted by molar-refractivity contribution is -0.140. The van der Waals surface area contributed by atoms with Crippen LogP contribution < -0.4 is 0 Å². The Morgan fingerprint density at radius 1 is 1.24 bits per heavy atom. The molecule has 0 radical (unpaired) electrons. The highest BCUT2D eigenvalue weighted by molar-refractivity contribution is 7.89. The molecule has 0 aromatic heterocycles. The number of rotatable bonds is 8. The summed E-state index contributed by atoms with van der Waals surface area (Å²) in [5.41, 5.74) is 0.857. The van der Waals surface area contributed by atoms with Crippen molar-refractivity contribution >= 4 is 16.0 Å². The van der Waals surface area contributed by atoms with Gasteiger partial charge >= 0.3 is 5.97 Å². The van der Waals surface area contributed by atoms with Crippen molar-refractivity contribution < 1.29 is 22.7 Å². The van der Waals surface area contributed by atoms with Gasteiger partial charge < -0.3 is 9.47 Å². The van der Waals surface area contributed by atoms with E-state index in [4.69, 9.17) is 4.74 Å². The number of carbonyl (C=O) groups is 1. The molecule has 0 N–H and O–H groups in total. The molecule has 0 aliphatic carbocycles. The van der Waals surface area contributed by atoms with Gasteiger partial charge in [0.1, 0.15) is 0 Å². The number of nitrogens with zero attached hydrogens (tertiary/aromatic N) is 1. The largest absolute Gasteiger partial charge is 0.469 e. The summed E-state index contributed by atoms with van der Waals surface area (Å²) in [6, 6.07) is 6.66. The molecule has 1 aromatic carbocycles. The lowest BCUT2D eigenvalue weighted by Crippen LogP contribution is -2.35. The maximum atomic E-state index is 12.6. The molecular weight excluding hydrogens is 294 g/mol. The molecule has 0 heterocycles. The molecule has 0 aliphatic rings. The quantitative estimate of drug-likeness (QED) is 0.674. The summed E-state index contributed by atoms with van der Waals surface area (Å²) < 4.78 is 35.9. The first-order valence-corrected chi connectivity index (χ1v) is 7.98. The second-order valence-electron chi connectivity index (χ2n) is 4.54. The number of sulfonamides is 1. The van der Waals surface area contributed by atoms with E-state index in [2.05, 4.69) is 4.74 Å². The Morgan fingerprint density at radius 2 is 1.95 bits per heavy atom. The fourth-order valence-corrected chi connectivity index (χ4v) is 3.32. The molecule has 118 valence electrons. The molecule has 0 aliphatic heterocycles. The molecule has 0 bridgehead atoms. The van der Waals surface area contributed by atoms with Crippen LogP contribution in [0.15, 0.2) is 29.2 Å². The average Bonchev–Trinajstić information content (AvgIpc) is 2.46. The molecule has 0 atom stereocenters. The predicted octanol–water partition coefficient (Wildman–Crippen LogP) is 1.20. The Labute approximate surface area is 125 Å². The third-order valence-corrected chi connectivity index (χ3v) is 4.86. The van der Waals surface area contributed by atoms with E-state index < -0.39 is 16.0 Å². The molecule has 0 fully saturated rings. The fraction of sp³-hybridized carbons (Fsp3) is 0.500. The highest BCUT2D eigenvalue weighted by Gasteiger charge is 2.24. The van der Waals surface area contributed by atoms with E-state index in [-0.39, 0.29) is 31.0 Å². The van der Waals surface area contributed by atoms with Crippen molar-refractivity contribution in [2.45, 2.75) is 18.2 Å². The Bertz CT molecular complexity index is 570. The smallest absolute Gasteiger partial charge is 0.306 e. The van der Waals surface area contributed by atoms with E-state index in [1.165, 1.54) is 18.5 Å². The standard InChI is InChI=1S/C14H21NO5S/c1-12-5-4-6-13(11-12)21(17,18)15(9-10-19-2)8-7-14(16)20-3/h4-6,11H,7-10H2,1-3H3. The number of hydrogen-bond acceptors (Lipinski definition) is 5. The molecule has 0 spiro atoms. The average molecular weight is 315 g/mol. The molecule has 0 saturated carbocycles. The van der Waals surface area contributed by atoms with Crippen LogP contribution in [0.5, 0.6) is 0 Å². The van der Waals surface area contributed by atoms with E-state index in [1.807, 2.05) is 13.0 Å². The van der Waals surface area contributed by atoms with Crippen LogP contribution in [0.2, 0.25) is 0 Å². The van der Waals surface area contributed by atoms with E-state index in [1.54, 1.807) is 18.2 Å². The van der Waals surface area contributed by atoms with Crippen LogP contribution in [-0.4, -0.2) is 52.6 Å². The molecule has 0 amide bonds. The van der Waals surface area contributed by atoms with Crippen LogP contribution in [0.4, 0.5) is 0 Å². The minimum Gasteiger partial charge on any atom is -0.469 e. The first-order valence-electron chi connectivity index (χ1n) is 6.54. The lowest BCUT2D eigenvalue weighted by Gasteiger charge is -2.21. The van der Waals surface area contributed by atoms with Crippen LogP contribution in [0, 0.1) is 6.92 Å². The predicted molar refractivity (Wildman–Crippen MR) is 78.4 cm³/mol. The summed E-state index contributed by atoms with van der Waals surface area (Å²) in [6.07, 6.45) is 0.00522. The molecular formula is C14H21NO5S. The highest BCUT2D eigenvalue weighted by Crippen LogP contribution is 2.17. The molecule has 21 heavy (non-hydrogen) atoms. The van der Waals surface area contributed by atoms with Gasteiger partial charge in [-0.25, -0.2) is 8.42 Å². The summed E-state index contributed by atoms with van der Waals surface area (Å²) in [7, 11) is -0.882. The number of methoxy groups -OCH3 is 2. The number of esters is 1. The Hall–Kier alpha value is -1.44. The van der Waals surface area contributed by atoms with Gasteiger partial charge in [-0.15, -0.1) is 0 Å². The number of aryl methyl sites for hydroxylation is 1. The topological polar surface area (TPSA) is 72.9 Å². The van der Waals surface area contributed by atoms with E-state index in [0.29, 0.717) is 0 Å². The molecule has 6 nitrogen and oxygen atoms in total. The van der Waals surface area contributed by atoms with Gasteiger partial charge in [-0.05, 0) is 24.6 Å². The van der Waals surface area contributed by atoms with Gasteiger partial charge in [0.15, 0.2) is 0 Å². The third kappa shape index (κ3) is 5.11. The summed E-state index contributed by atoms with van der Waals surface area (Å²) in [5, 5.41) is 0. The first kappa shape index (κ1) is 17.6. The summed E-state index contributed by atoms with van der Waals surface area (Å²) in [6.45, 7) is 2.33. The SMILES string of the molecule is COCCN(CCC(=O)OC)S(=O)(=O)c1cccc(C)c1. The minimum absolute atomic E-state index is 0.00522. The van der Waals surface area contributed by atoms with Gasteiger partial charge in [0, 0.05) is 20.2 Å². The van der Waals surface area contributed by atoms with E-state index in [9.17, 15) is 13.2 Å². The Morgan fingerprint density at radius 3 is 2.52 bits per heavy atom.